The summed E-state index contributed by atoms with van der Waals surface area (Å²) in [6, 6.07) is 0. The van der Waals surface area contributed by atoms with Crippen LogP contribution in [0, 0.1) is 0 Å². The third-order valence-electron chi connectivity index (χ3n) is 2.42. The van der Waals surface area contributed by atoms with E-state index in [1.165, 1.54) is 6.08 Å². The lowest BCUT2D eigenvalue weighted by Gasteiger charge is -2.32. The van der Waals surface area contributed by atoms with Gasteiger partial charge in [0.15, 0.2) is 0 Å². The van der Waals surface area contributed by atoms with Crippen molar-refractivity contribution in [1.29, 1.82) is 0 Å². The Kier molecular flexibility index (Phi) is 7.48. The van der Waals surface area contributed by atoms with Crippen LogP contribution in [-0.4, -0.2) is 37.5 Å². The number of hydrogen-bond acceptors (Lipinski definition) is 2. The van der Waals surface area contributed by atoms with Crippen LogP contribution in [0.2, 0.25) is 0 Å². The van der Waals surface area contributed by atoms with Crippen LogP contribution in [0.3, 0.4) is 0 Å². The summed E-state index contributed by atoms with van der Waals surface area (Å²) in [5.41, 5.74) is -1.18. The molecule has 0 aliphatic rings. The molecule has 0 aromatic rings. The number of aliphatic hydroxyl groups excluding tert-OH is 1. The van der Waals surface area contributed by atoms with Gasteiger partial charge in [-0.3, -0.25) is 0 Å². The zero-order valence-electron chi connectivity index (χ0n) is 9.13. The monoisotopic (exact) mass is 396 g/mol. The molecule has 4 atom stereocenters. The minimum Gasteiger partial charge on any atom is -0.392 e. The molecule has 0 unspecified atom stereocenters. The van der Waals surface area contributed by atoms with Gasteiger partial charge in [-0.05, 0) is 31.3 Å². The molecule has 0 fully saturated rings. The van der Waals surface area contributed by atoms with Crippen molar-refractivity contribution in [2.24, 2.45) is 0 Å². The van der Waals surface area contributed by atoms with Gasteiger partial charge in [0.25, 0.3) is 0 Å². The number of alkyl halides is 3. The van der Waals surface area contributed by atoms with Crippen molar-refractivity contribution < 1.29 is 10.2 Å². The highest BCUT2D eigenvalue weighted by Crippen LogP contribution is 2.31. The van der Waals surface area contributed by atoms with E-state index in [4.69, 9.17) is 23.2 Å². The number of halogens is 4. The molecule has 96 valence electrons. The van der Waals surface area contributed by atoms with Crippen LogP contribution in [-0.2, 0) is 0 Å². The van der Waals surface area contributed by atoms with Crippen molar-refractivity contribution in [2.45, 2.75) is 41.7 Å². The Morgan fingerprint density at radius 2 is 1.94 bits per heavy atom. The average molecular weight is 399 g/mol. The van der Waals surface area contributed by atoms with E-state index in [0.29, 0.717) is 0 Å². The van der Waals surface area contributed by atoms with Crippen molar-refractivity contribution in [3.8, 4) is 0 Å². The van der Waals surface area contributed by atoms with E-state index in [0.717, 1.165) is 0 Å². The van der Waals surface area contributed by atoms with Crippen LogP contribution in [0.15, 0.2) is 11.1 Å². The molecule has 0 aliphatic carbocycles. The van der Waals surface area contributed by atoms with Crippen molar-refractivity contribution >= 4 is 55.1 Å². The van der Waals surface area contributed by atoms with Gasteiger partial charge in [0.1, 0.15) is 0 Å². The Hall–Kier alpha value is 1.20. The van der Waals surface area contributed by atoms with E-state index < -0.39 is 21.4 Å². The van der Waals surface area contributed by atoms with Gasteiger partial charge in [-0.1, -0.05) is 31.9 Å². The first-order valence-electron chi connectivity index (χ1n) is 4.74. The van der Waals surface area contributed by atoms with Gasteiger partial charge in [0, 0.05) is 5.88 Å². The zero-order valence-corrected chi connectivity index (χ0v) is 13.8. The van der Waals surface area contributed by atoms with Crippen LogP contribution < -0.4 is 0 Å². The topological polar surface area (TPSA) is 40.5 Å². The maximum atomic E-state index is 9.96. The van der Waals surface area contributed by atoms with Crippen LogP contribution in [0.25, 0.3) is 0 Å². The fraction of sp³-hybridized carbons (Fsp3) is 0.800. The first-order chi connectivity index (χ1) is 7.17. The Morgan fingerprint density at radius 1 is 1.44 bits per heavy atom. The van der Waals surface area contributed by atoms with Gasteiger partial charge >= 0.3 is 0 Å². The van der Waals surface area contributed by atoms with Gasteiger partial charge in [-0.15, -0.1) is 23.2 Å². The van der Waals surface area contributed by atoms with Gasteiger partial charge in [-0.2, -0.15) is 0 Å². The second-order valence-electron chi connectivity index (χ2n) is 4.15. The third kappa shape index (κ3) is 5.23. The van der Waals surface area contributed by atoms with E-state index in [1.807, 2.05) is 0 Å². The Labute approximate surface area is 123 Å². The first kappa shape index (κ1) is 17.2. The number of aliphatic hydroxyl groups is 2. The Balaban J connectivity index is 4.51. The predicted octanol–water partition coefficient (Wildman–Crippen LogP) is 3.40. The molecule has 6 heteroatoms. The van der Waals surface area contributed by atoms with Gasteiger partial charge < -0.3 is 10.2 Å². The summed E-state index contributed by atoms with van der Waals surface area (Å²) in [5, 5.41) is 19.3. The number of hydrogen-bond donors (Lipinski definition) is 2. The van der Waals surface area contributed by atoms with Crippen molar-refractivity contribution in [2.75, 3.05) is 5.88 Å². The SMILES string of the molecule is C[C@@](O)(/C=C/Br)[C@H](Cl)C[C@@H](O)[C@](C)(Br)CCl. The molecule has 0 aromatic carbocycles. The van der Waals surface area contributed by atoms with Crippen LogP contribution in [0.5, 0.6) is 0 Å². The quantitative estimate of drug-likeness (QED) is 0.673. The summed E-state index contributed by atoms with van der Waals surface area (Å²) in [5.74, 6) is 0.258. The summed E-state index contributed by atoms with van der Waals surface area (Å²) < 4.78 is -0.601. The summed E-state index contributed by atoms with van der Waals surface area (Å²) in [6.45, 7) is 3.37. The third-order valence-corrected chi connectivity index (χ3v) is 4.99. The molecule has 2 nitrogen and oxygen atoms in total. The lowest BCUT2D eigenvalue weighted by Crippen LogP contribution is -2.42. The summed E-state index contributed by atoms with van der Waals surface area (Å²) in [7, 11) is 0. The molecule has 0 radical (unpaired) electrons. The highest BCUT2D eigenvalue weighted by atomic mass is 79.9. The second-order valence-corrected chi connectivity index (χ2v) is 7.28. The Morgan fingerprint density at radius 3 is 2.31 bits per heavy atom. The Bertz CT molecular complexity index is 245. The molecule has 16 heavy (non-hydrogen) atoms. The van der Waals surface area contributed by atoms with Crippen LogP contribution in [0.4, 0.5) is 0 Å². The van der Waals surface area contributed by atoms with Crippen molar-refractivity contribution in [3.63, 3.8) is 0 Å². The minimum absolute atomic E-state index is 0.236. The molecule has 0 spiro atoms. The largest absolute Gasteiger partial charge is 0.392 e. The first-order valence-corrected chi connectivity index (χ1v) is 7.42. The highest BCUT2D eigenvalue weighted by molar-refractivity contribution is 9.11. The van der Waals surface area contributed by atoms with E-state index >= 15 is 0 Å². The molecule has 0 aliphatic heterocycles. The molecule has 0 aromatic heterocycles. The average Bonchev–Trinajstić information content (AvgIpc) is 2.17. The van der Waals surface area contributed by atoms with Gasteiger partial charge in [-0.25, -0.2) is 0 Å². The molecule has 0 bridgehead atoms. The van der Waals surface area contributed by atoms with Crippen LogP contribution >= 0.6 is 55.1 Å². The lowest BCUT2D eigenvalue weighted by molar-refractivity contribution is 0.0692. The number of rotatable bonds is 6. The fourth-order valence-corrected chi connectivity index (χ4v) is 2.14. The summed E-state index contributed by atoms with van der Waals surface area (Å²) >= 11 is 18.2. The molecular weight excluding hydrogens is 383 g/mol. The van der Waals surface area contributed by atoms with Gasteiger partial charge in [0.05, 0.1) is 21.4 Å². The van der Waals surface area contributed by atoms with E-state index in [2.05, 4.69) is 31.9 Å². The van der Waals surface area contributed by atoms with E-state index in [-0.39, 0.29) is 12.3 Å². The molecule has 0 saturated carbocycles. The molecule has 0 heterocycles. The molecule has 0 amide bonds. The van der Waals surface area contributed by atoms with Gasteiger partial charge in [0.2, 0.25) is 0 Å². The minimum atomic E-state index is -1.18. The smallest absolute Gasteiger partial charge is 0.0971 e. The van der Waals surface area contributed by atoms with Crippen LogP contribution in [0.1, 0.15) is 20.3 Å². The normalized spacial score (nSPS) is 23.8. The summed E-state index contributed by atoms with van der Waals surface area (Å²) in [6.07, 6.45) is 1.03. The highest BCUT2D eigenvalue weighted by Gasteiger charge is 2.36. The summed E-state index contributed by atoms with van der Waals surface area (Å²) in [4.78, 5) is 1.55. The lowest BCUT2D eigenvalue weighted by atomic mass is 9.93. The van der Waals surface area contributed by atoms with Crippen molar-refractivity contribution in [3.05, 3.63) is 11.1 Å². The molecule has 0 rings (SSSR count). The molecule has 2 N–H and O–H groups in total. The zero-order chi connectivity index (χ0) is 13.0. The fourth-order valence-electron chi connectivity index (χ4n) is 1.00. The second kappa shape index (κ2) is 6.95. The maximum Gasteiger partial charge on any atom is 0.0971 e. The standard InChI is InChI=1S/C10H16Br2Cl2O2/c1-9(12,6-13)8(15)5-7(14)10(2,16)3-4-11/h3-4,7-8,15-16H,5-6H2,1-2H3/b4-3+/t7-,8-,9-,10-/m1/s1. The maximum absolute atomic E-state index is 9.96. The van der Waals surface area contributed by atoms with Crippen molar-refractivity contribution in [1.82, 2.24) is 0 Å². The predicted molar refractivity (Wildman–Crippen MR) is 77.0 cm³/mol. The molecular formula is C10H16Br2Cl2O2. The van der Waals surface area contributed by atoms with E-state index in [9.17, 15) is 10.2 Å². The van der Waals surface area contributed by atoms with E-state index in [1.54, 1.807) is 18.8 Å². The molecule has 0 saturated heterocycles.